The maximum atomic E-state index is 13.5. The van der Waals surface area contributed by atoms with Crippen molar-refractivity contribution in [3.63, 3.8) is 0 Å². The zero-order chi connectivity index (χ0) is 25.0. The number of hydrogen-bond acceptors (Lipinski definition) is 4. The topological polar surface area (TPSA) is 54.8 Å². The zero-order valence-corrected chi connectivity index (χ0v) is 22.9. The van der Waals surface area contributed by atoms with E-state index in [4.69, 9.17) is 4.74 Å². The van der Waals surface area contributed by atoms with Crippen molar-refractivity contribution < 1.29 is 14.3 Å². The van der Waals surface area contributed by atoms with Gasteiger partial charge < -0.3 is 19.1 Å². The lowest BCUT2D eigenvalue weighted by molar-refractivity contribution is -0.132. The molecule has 6 nitrogen and oxygen atoms in total. The first-order chi connectivity index (χ1) is 17.0. The van der Waals surface area contributed by atoms with Crippen molar-refractivity contribution in [2.75, 3.05) is 33.4 Å². The van der Waals surface area contributed by atoms with E-state index < -0.39 is 0 Å². The quantitative estimate of drug-likeness (QED) is 0.239. The minimum Gasteiger partial charge on any atom is -0.385 e. The van der Waals surface area contributed by atoms with E-state index in [1.165, 1.54) is 16.9 Å². The summed E-state index contributed by atoms with van der Waals surface area (Å²) < 4.78 is 8.41. The molecule has 0 saturated carbocycles. The number of methoxy groups -OCH3 is 1. The van der Waals surface area contributed by atoms with Gasteiger partial charge in [0.1, 0.15) is 6.54 Å². The second-order valence-corrected chi connectivity index (χ2v) is 10.3. The van der Waals surface area contributed by atoms with E-state index in [1.807, 2.05) is 40.6 Å². The normalized spacial score (nSPS) is 10.9. The van der Waals surface area contributed by atoms with Crippen molar-refractivity contribution in [3.05, 3.63) is 80.7 Å². The fraction of sp³-hybridized carbons (Fsp3) is 0.407. The van der Waals surface area contributed by atoms with Crippen molar-refractivity contribution in [2.45, 2.75) is 39.3 Å². The van der Waals surface area contributed by atoms with Gasteiger partial charge in [-0.2, -0.15) is 0 Å². The van der Waals surface area contributed by atoms with Gasteiger partial charge in [0, 0.05) is 49.7 Å². The summed E-state index contributed by atoms with van der Waals surface area (Å²) in [5, 5.41) is 1.88. The lowest BCUT2D eigenvalue weighted by atomic mass is 10.2. The van der Waals surface area contributed by atoms with Gasteiger partial charge in [0.05, 0.1) is 11.4 Å². The number of aromatic nitrogens is 1. The Balaban J connectivity index is 1.72. The molecule has 8 heteroatoms. The molecule has 3 rings (SSSR count). The van der Waals surface area contributed by atoms with Crippen molar-refractivity contribution in [2.24, 2.45) is 0 Å². The molecule has 0 radical (unpaired) electrons. The third kappa shape index (κ3) is 8.33. The number of halogens is 1. The van der Waals surface area contributed by atoms with Gasteiger partial charge >= 0.3 is 0 Å². The number of carbonyl (C=O) groups is 2. The van der Waals surface area contributed by atoms with Gasteiger partial charge in [-0.1, -0.05) is 47.5 Å². The number of hydrogen-bond donors (Lipinski definition) is 0. The van der Waals surface area contributed by atoms with E-state index in [1.54, 1.807) is 12.0 Å². The first kappa shape index (κ1) is 27.2. The van der Waals surface area contributed by atoms with Crippen molar-refractivity contribution in [1.29, 1.82) is 0 Å². The zero-order valence-electron chi connectivity index (χ0n) is 20.5. The number of nitrogens with zero attached hydrogens (tertiary/aromatic N) is 3. The Hall–Kier alpha value is -2.42. The number of carbonyl (C=O) groups excluding carboxylic acids is 2. The van der Waals surface area contributed by atoms with Gasteiger partial charge in [-0.25, -0.2) is 0 Å². The Morgan fingerprint density at radius 1 is 1.03 bits per heavy atom. The molecular formula is C27H34BrN3O3S. The molecule has 0 saturated heterocycles. The highest BCUT2D eigenvalue weighted by atomic mass is 79.9. The van der Waals surface area contributed by atoms with Crippen LogP contribution >= 0.6 is 27.3 Å². The fourth-order valence-corrected chi connectivity index (χ4v) is 4.80. The summed E-state index contributed by atoms with van der Waals surface area (Å²) in [5.41, 5.74) is 2.27. The summed E-state index contributed by atoms with van der Waals surface area (Å²) in [6.45, 7) is 5.14. The molecule has 188 valence electrons. The molecule has 0 bridgehead atoms. The molecule has 35 heavy (non-hydrogen) atoms. The van der Waals surface area contributed by atoms with Gasteiger partial charge in [0.25, 0.3) is 5.91 Å². The highest BCUT2D eigenvalue weighted by Gasteiger charge is 2.23. The largest absolute Gasteiger partial charge is 0.385 e. The second kappa shape index (κ2) is 14.2. The third-order valence-corrected chi connectivity index (χ3v) is 7.19. The second-order valence-electron chi connectivity index (χ2n) is 8.47. The average Bonchev–Trinajstić information content (AvgIpc) is 3.54. The number of amides is 2. The molecule has 0 fully saturated rings. The first-order valence-electron chi connectivity index (χ1n) is 12.0. The summed E-state index contributed by atoms with van der Waals surface area (Å²) in [6.07, 6.45) is 4.65. The summed E-state index contributed by atoms with van der Waals surface area (Å²) in [7, 11) is 1.65. The molecule has 0 aliphatic rings. The number of ether oxygens (including phenoxy) is 1. The maximum Gasteiger partial charge on any atom is 0.264 e. The Labute approximate surface area is 220 Å². The van der Waals surface area contributed by atoms with Crippen LogP contribution in [0.1, 0.15) is 47.1 Å². The van der Waals surface area contributed by atoms with E-state index in [0.717, 1.165) is 29.6 Å². The van der Waals surface area contributed by atoms with Gasteiger partial charge in [0.2, 0.25) is 5.91 Å². The molecule has 0 spiro atoms. The van der Waals surface area contributed by atoms with Gasteiger partial charge in [-0.15, -0.1) is 11.3 Å². The van der Waals surface area contributed by atoms with Crippen LogP contribution in [0.2, 0.25) is 0 Å². The van der Waals surface area contributed by atoms with Crippen LogP contribution in [-0.2, 0) is 22.6 Å². The highest BCUT2D eigenvalue weighted by Crippen LogP contribution is 2.16. The Morgan fingerprint density at radius 2 is 1.80 bits per heavy atom. The number of rotatable bonds is 14. The third-order valence-electron chi connectivity index (χ3n) is 5.80. The van der Waals surface area contributed by atoms with E-state index in [0.29, 0.717) is 37.5 Å². The van der Waals surface area contributed by atoms with E-state index in [-0.39, 0.29) is 18.4 Å². The van der Waals surface area contributed by atoms with Crippen LogP contribution in [0.4, 0.5) is 0 Å². The molecule has 0 aliphatic carbocycles. The van der Waals surface area contributed by atoms with Crippen molar-refractivity contribution >= 4 is 39.1 Å². The summed E-state index contributed by atoms with van der Waals surface area (Å²) in [6, 6.07) is 16.0. The summed E-state index contributed by atoms with van der Waals surface area (Å²) in [5.74, 6) is -0.129. The fourth-order valence-electron chi connectivity index (χ4n) is 3.84. The molecular weight excluding hydrogens is 526 g/mol. The van der Waals surface area contributed by atoms with Gasteiger partial charge in [-0.05, 0) is 54.1 Å². The molecule has 2 amide bonds. The van der Waals surface area contributed by atoms with E-state index >= 15 is 0 Å². The molecule has 0 N–H and O–H groups in total. The van der Waals surface area contributed by atoms with E-state index in [9.17, 15) is 9.59 Å². The van der Waals surface area contributed by atoms with E-state index in [2.05, 4.69) is 51.8 Å². The van der Waals surface area contributed by atoms with Crippen LogP contribution in [0, 0.1) is 0 Å². The molecule has 0 unspecified atom stereocenters. The molecule has 0 atom stereocenters. The maximum absolute atomic E-state index is 13.5. The minimum atomic E-state index is -0.0986. The molecule has 1 aromatic carbocycles. The smallest absolute Gasteiger partial charge is 0.264 e. The number of benzene rings is 1. The SMILES string of the molecule is CCCCN(Cc1cccn1Cc1ccc(Br)cc1)C(=O)CN(CCCOC)C(=O)c1cccs1. The number of thiophene rings is 1. The number of unbranched alkanes of at least 4 members (excludes halogenated alkanes) is 1. The summed E-state index contributed by atoms with van der Waals surface area (Å²) in [4.78, 5) is 30.8. The van der Waals surface area contributed by atoms with Crippen LogP contribution in [0.3, 0.4) is 0 Å². The lowest BCUT2D eigenvalue weighted by Gasteiger charge is -2.28. The van der Waals surface area contributed by atoms with Gasteiger partial charge in [-0.3, -0.25) is 9.59 Å². The van der Waals surface area contributed by atoms with Crippen molar-refractivity contribution in [1.82, 2.24) is 14.4 Å². The van der Waals surface area contributed by atoms with Crippen LogP contribution in [0.15, 0.2) is 64.6 Å². The molecule has 3 aromatic rings. The Kier molecular flexibility index (Phi) is 11.0. The molecule has 2 heterocycles. The van der Waals surface area contributed by atoms with Crippen LogP contribution < -0.4 is 0 Å². The first-order valence-corrected chi connectivity index (χ1v) is 13.7. The van der Waals surface area contributed by atoms with Crippen LogP contribution in [0.25, 0.3) is 0 Å². The standard InChI is InChI=1S/C27H34BrN3O3S/c1-3-4-14-30(20-24-8-5-15-29(24)19-22-10-12-23(28)13-11-22)26(32)21-31(16-7-17-34-2)27(33)25-9-6-18-35-25/h5-6,8-13,15,18H,3-4,7,14,16-17,19-21H2,1-2H3. The Morgan fingerprint density at radius 3 is 2.49 bits per heavy atom. The monoisotopic (exact) mass is 559 g/mol. The van der Waals surface area contributed by atoms with Gasteiger partial charge in [0.15, 0.2) is 0 Å². The summed E-state index contributed by atoms with van der Waals surface area (Å²) >= 11 is 4.89. The average molecular weight is 561 g/mol. The van der Waals surface area contributed by atoms with Crippen LogP contribution in [0.5, 0.6) is 0 Å². The lowest BCUT2D eigenvalue weighted by Crippen LogP contribution is -2.43. The van der Waals surface area contributed by atoms with Crippen molar-refractivity contribution in [3.8, 4) is 0 Å². The Bertz CT molecular complexity index is 1050. The predicted molar refractivity (Wildman–Crippen MR) is 145 cm³/mol. The van der Waals surface area contributed by atoms with Crippen LogP contribution in [-0.4, -0.2) is 59.5 Å². The molecule has 2 aromatic heterocycles. The minimum absolute atomic E-state index is 0.0304. The predicted octanol–water partition coefficient (Wildman–Crippen LogP) is 5.67. The molecule has 0 aliphatic heterocycles. The highest BCUT2D eigenvalue weighted by molar-refractivity contribution is 9.10.